The molecule has 1 saturated heterocycles. The second-order valence-corrected chi connectivity index (χ2v) is 7.23. The second kappa shape index (κ2) is 13.8. The Labute approximate surface area is 197 Å². The van der Waals surface area contributed by atoms with E-state index in [1.54, 1.807) is 35.8 Å². The number of anilines is 1. The molecular weight excluding hydrogens is 454 g/mol. The normalized spacial score (nSPS) is 16.2. The van der Waals surface area contributed by atoms with E-state index < -0.39 is 12.1 Å². The molecule has 34 heavy (non-hydrogen) atoms. The number of rotatable bonds is 2. The summed E-state index contributed by atoms with van der Waals surface area (Å²) in [7, 11) is 0.500. The van der Waals surface area contributed by atoms with Gasteiger partial charge in [-0.15, -0.1) is 5.10 Å². The largest absolute Gasteiger partial charge is 0.395 e. The molecule has 0 aromatic carbocycles. The zero-order valence-corrected chi connectivity index (χ0v) is 20.1. The van der Waals surface area contributed by atoms with Crippen molar-refractivity contribution in [1.82, 2.24) is 19.6 Å². The molecule has 3 aromatic rings. The molecule has 7 nitrogen and oxygen atoms in total. The molecule has 3 N–H and O–H groups in total. The van der Waals surface area contributed by atoms with Crippen LogP contribution in [0.25, 0.3) is 16.9 Å². The fraction of sp³-hybridized carbons (Fsp3) is 0.522. The minimum Gasteiger partial charge on any atom is -0.391 e. The van der Waals surface area contributed by atoms with Crippen LogP contribution >= 0.6 is 0 Å². The lowest BCUT2D eigenvalue weighted by Crippen LogP contribution is -2.21. The van der Waals surface area contributed by atoms with Crippen LogP contribution in [0.3, 0.4) is 0 Å². The molecular formula is C23H33F4N5O2. The van der Waals surface area contributed by atoms with Crippen molar-refractivity contribution in [3.8, 4) is 11.4 Å². The van der Waals surface area contributed by atoms with Crippen LogP contribution in [0.2, 0.25) is 0 Å². The van der Waals surface area contributed by atoms with Crippen molar-refractivity contribution in [2.45, 2.75) is 58.7 Å². The van der Waals surface area contributed by atoms with Gasteiger partial charge < -0.3 is 15.6 Å². The van der Waals surface area contributed by atoms with E-state index >= 15 is 0 Å². The fourth-order valence-corrected chi connectivity index (χ4v) is 3.17. The molecule has 2 unspecified atom stereocenters. The first-order valence-corrected chi connectivity index (χ1v) is 10.9. The number of alkyl halides is 4. The first-order valence-electron chi connectivity index (χ1n) is 10.9. The number of aliphatic hydroxyl groups excluding tert-OH is 1. The van der Waals surface area contributed by atoms with Crippen LogP contribution in [0.1, 0.15) is 50.7 Å². The molecule has 4 rings (SSSR count). The monoisotopic (exact) mass is 487 g/mol. The zero-order valence-electron chi connectivity index (χ0n) is 20.1. The third kappa shape index (κ3) is 7.91. The molecule has 1 aliphatic rings. The highest BCUT2D eigenvalue weighted by Gasteiger charge is 2.38. The highest BCUT2D eigenvalue weighted by atomic mass is 19.4. The molecule has 1 aliphatic heterocycles. The predicted octanol–water partition coefficient (Wildman–Crippen LogP) is 5.12. The van der Waals surface area contributed by atoms with Crippen molar-refractivity contribution in [3.05, 3.63) is 41.7 Å². The topological polar surface area (TPSA) is 98.6 Å². The summed E-state index contributed by atoms with van der Waals surface area (Å²) in [5.74, 6) is -1.46. The summed E-state index contributed by atoms with van der Waals surface area (Å²) >= 11 is 0. The molecule has 2 atom stereocenters. The van der Waals surface area contributed by atoms with Crippen molar-refractivity contribution < 1.29 is 27.4 Å². The van der Waals surface area contributed by atoms with E-state index in [1.165, 1.54) is 6.20 Å². The summed E-state index contributed by atoms with van der Waals surface area (Å²) in [6.45, 7) is 8.14. The number of nitrogen functional groups attached to an aromatic ring is 1. The maximum absolute atomic E-state index is 12.9. The van der Waals surface area contributed by atoms with Gasteiger partial charge in [0, 0.05) is 12.8 Å². The number of nitrogens with zero attached hydrogens (tertiary/aromatic N) is 4. The van der Waals surface area contributed by atoms with Gasteiger partial charge in [0.15, 0.2) is 0 Å². The number of fused-ring (bicyclic) bond motifs is 1. The molecule has 0 spiro atoms. The maximum Gasteiger partial charge on any atom is 0.395 e. The van der Waals surface area contributed by atoms with E-state index in [0.717, 1.165) is 31.9 Å². The molecule has 190 valence electrons. The summed E-state index contributed by atoms with van der Waals surface area (Å²) in [5.41, 5.74) is 8.16. The number of aromatic nitrogens is 4. The van der Waals surface area contributed by atoms with Gasteiger partial charge in [-0.25, -0.2) is 9.50 Å². The molecule has 0 radical (unpaired) electrons. The Morgan fingerprint density at radius 3 is 2.35 bits per heavy atom. The number of halogens is 4. The third-order valence-corrected chi connectivity index (χ3v) is 4.92. The Hall–Kier alpha value is -2.79. The molecule has 0 bridgehead atoms. The molecule has 0 amide bonds. The van der Waals surface area contributed by atoms with Crippen LogP contribution in [-0.4, -0.2) is 57.4 Å². The van der Waals surface area contributed by atoms with Crippen molar-refractivity contribution in [3.63, 3.8) is 0 Å². The lowest BCUT2D eigenvalue weighted by atomic mass is 9.97. The van der Waals surface area contributed by atoms with Gasteiger partial charge in [0.2, 0.25) is 5.95 Å². The number of pyridine rings is 1. The molecule has 4 heterocycles. The lowest BCUT2D eigenvalue weighted by Gasteiger charge is -2.18. The highest BCUT2D eigenvalue weighted by molar-refractivity contribution is 5.64. The van der Waals surface area contributed by atoms with Crippen LogP contribution in [0, 0.1) is 6.92 Å². The third-order valence-electron chi connectivity index (χ3n) is 4.92. The number of aliphatic hydroxyl groups is 1. The number of aryl methyl sites for hydroxylation is 1. The fourth-order valence-electron chi connectivity index (χ4n) is 3.17. The first-order chi connectivity index (χ1) is 16.2. The van der Waals surface area contributed by atoms with Crippen LogP contribution in [-0.2, 0) is 4.74 Å². The highest BCUT2D eigenvalue weighted by Crippen LogP contribution is 2.36. The molecule has 11 heteroatoms. The van der Waals surface area contributed by atoms with Crippen molar-refractivity contribution in [1.29, 1.82) is 0 Å². The van der Waals surface area contributed by atoms with E-state index in [2.05, 4.69) is 15.1 Å². The Kier molecular flexibility index (Phi) is 11.9. The van der Waals surface area contributed by atoms with E-state index in [-0.39, 0.29) is 17.6 Å². The van der Waals surface area contributed by atoms with Crippen molar-refractivity contribution >= 4 is 11.5 Å². The van der Waals surface area contributed by atoms with Gasteiger partial charge >= 0.3 is 6.18 Å². The Balaban J connectivity index is 0.000000441. The molecule has 0 aliphatic carbocycles. The Morgan fingerprint density at radius 1 is 1.18 bits per heavy atom. The molecule has 3 aromatic heterocycles. The average Bonchev–Trinajstić information content (AvgIpc) is 3.24. The SMILES string of the molecule is CC.CF.Cc1cc(-c2ccc3cnc(N)nn23)ncc1C(C)C(F)(F)F.OC1CCCOC1. The lowest BCUT2D eigenvalue weighted by molar-refractivity contribution is -0.146. The van der Waals surface area contributed by atoms with E-state index in [1.807, 2.05) is 13.8 Å². The van der Waals surface area contributed by atoms with E-state index in [0.29, 0.717) is 30.7 Å². The Morgan fingerprint density at radius 2 is 1.85 bits per heavy atom. The number of hydrogen-bond donors (Lipinski definition) is 2. The second-order valence-electron chi connectivity index (χ2n) is 7.23. The summed E-state index contributed by atoms with van der Waals surface area (Å²) in [6.07, 6.45) is 0.290. The van der Waals surface area contributed by atoms with Gasteiger partial charge in [-0.2, -0.15) is 13.2 Å². The van der Waals surface area contributed by atoms with Gasteiger partial charge in [-0.1, -0.05) is 13.8 Å². The number of nitrogens with two attached hydrogens (primary N) is 1. The average molecular weight is 488 g/mol. The number of ether oxygens (including phenoxy) is 1. The maximum atomic E-state index is 12.9. The first kappa shape index (κ1) is 29.2. The van der Waals surface area contributed by atoms with E-state index in [4.69, 9.17) is 15.6 Å². The summed E-state index contributed by atoms with van der Waals surface area (Å²) in [6, 6.07) is 5.19. The van der Waals surface area contributed by atoms with Crippen LogP contribution in [0.5, 0.6) is 0 Å². The van der Waals surface area contributed by atoms with Gasteiger partial charge in [-0.05, 0) is 56.0 Å². The van der Waals surface area contributed by atoms with Gasteiger partial charge in [0.1, 0.15) is 0 Å². The smallest absolute Gasteiger partial charge is 0.391 e. The summed E-state index contributed by atoms with van der Waals surface area (Å²) in [4.78, 5) is 8.07. The summed E-state index contributed by atoms with van der Waals surface area (Å²) < 4.78 is 54.6. The zero-order chi connectivity index (χ0) is 25.9. The van der Waals surface area contributed by atoms with Gasteiger partial charge in [0.25, 0.3) is 0 Å². The molecule has 0 saturated carbocycles. The van der Waals surface area contributed by atoms with Crippen LogP contribution in [0.15, 0.2) is 30.6 Å². The quantitative estimate of drug-likeness (QED) is 0.487. The number of hydrogen-bond acceptors (Lipinski definition) is 6. The van der Waals surface area contributed by atoms with Gasteiger partial charge in [0.05, 0.1) is 48.9 Å². The van der Waals surface area contributed by atoms with E-state index in [9.17, 15) is 17.6 Å². The molecule has 1 fully saturated rings. The van der Waals surface area contributed by atoms with Crippen molar-refractivity contribution in [2.75, 3.05) is 26.1 Å². The van der Waals surface area contributed by atoms with Crippen LogP contribution in [0.4, 0.5) is 23.5 Å². The minimum atomic E-state index is -4.29. The van der Waals surface area contributed by atoms with Gasteiger partial charge in [-0.3, -0.25) is 9.37 Å². The Bertz CT molecular complexity index is 1000. The minimum absolute atomic E-state index is 0.106. The standard InChI is InChI=1S/C15H14F3N5.C5H10O2.C2H6.CH3F/c1-8-5-12(20-7-11(8)9(2)15(16,17)18)13-4-3-10-6-21-14(19)22-23(10)13;6-5-2-1-3-7-4-5;2*1-2/h3-7,9H,1-2H3,(H2,19,22);5-6H,1-4H2;1-2H3;1H3. The summed E-state index contributed by atoms with van der Waals surface area (Å²) in [5, 5.41) is 12.9. The van der Waals surface area contributed by atoms with Crippen LogP contribution < -0.4 is 5.73 Å². The van der Waals surface area contributed by atoms with Crippen molar-refractivity contribution in [2.24, 2.45) is 0 Å². The predicted molar refractivity (Wildman–Crippen MR) is 124 cm³/mol.